The van der Waals surface area contributed by atoms with Crippen molar-refractivity contribution in [3.8, 4) is 0 Å². The molecule has 2 N–H and O–H groups in total. The summed E-state index contributed by atoms with van der Waals surface area (Å²) in [5.74, 6) is 0.963. The van der Waals surface area contributed by atoms with Gasteiger partial charge in [-0.15, -0.1) is 0 Å². The van der Waals surface area contributed by atoms with Crippen LogP contribution < -0.4 is 10.6 Å². The molecule has 0 radical (unpaired) electrons. The monoisotopic (exact) mass is 328 g/mol. The third-order valence-corrected chi connectivity index (χ3v) is 3.96. The quantitative estimate of drug-likeness (QED) is 0.509. The molecule has 0 fully saturated rings. The third kappa shape index (κ3) is 14.5. The van der Waals surface area contributed by atoms with Crippen molar-refractivity contribution in [1.82, 2.24) is 10.6 Å². The first-order valence-electron chi connectivity index (χ1n) is 9.43. The van der Waals surface area contributed by atoms with Gasteiger partial charge in [-0.1, -0.05) is 52.9 Å². The number of alkyl carbamates (subject to hydrolysis) is 1. The highest BCUT2D eigenvalue weighted by molar-refractivity contribution is 5.67. The highest BCUT2D eigenvalue weighted by atomic mass is 16.6. The van der Waals surface area contributed by atoms with Crippen LogP contribution in [0.25, 0.3) is 0 Å². The van der Waals surface area contributed by atoms with Crippen molar-refractivity contribution in [2.24, 2.45) is 11.8 Å². The van der Waals surface area contributed by atoms with Gasteiger partial charge in [0.15, 0.2) is 0 Å². The van der Waals surface area contributed by atoms with Crippen molar-refractivity contribution in [2.45, 2.75) is 85.7 Å². The second-order valence-electron chi connectivity index (χ2n) is 7.86. The zero-order valence-corrected chi connectivity index (χ0v) is 16.3. The van der Waals surface area contributed by atoms with Gasteiger partial charge in [0, 0.05) is 6.54 Å². The Morgan fingerprint density at radius 3 is 2.17 bits per heavy atom. The number of rotatable bonds is 12. The molecule has 1 atom stereocenters. The SMILES string of the molecule is CCCCCCCCNCC(CNC(=O)OC(C)(C)C)C(C)C. The fourth-order valence-electron chi connectivity index (χ4n) is 2.39. The van der Waals surface area contributed by atoms with Gasteiger partial charge in [0.05, 0.1) is 0 Å². The number of ether oxygens (including phenoxy) is 1. The average molecular weight is 329 g/mol. The molecule has 0 aromatic carbocycles. The van der Waals surface area contributed by atoms with E-state index in [-0.39, 0.29) is 6.09 Å². The van der Waals surface area contributed by atoms with Crippen LogP contribution in [0.5, 0.6) is 0 Å². The van der Waals surface area contributed by atoms with E-state index in [4.69, 9.17) is 4.74 Å². The van der Waals surface area contributed by atoms with E-state index in [0.29, 0.717) is 18.4 Å². The summed E-state index contributed by atoms with van der Waals surface area (Å²) in [6.45, 7) is 15.0. The highest BCUT2D eigenvalue weighted by Crippen LogP contribution is 2.11. The smallest absolute Gasteiger partial charge is 0.407 e. The lowest BCUT2D eigenvalue weighted by molar-refractivity contribution is 0.0515. The molecule has 0 aromatic heterocycles. The Morgan fingerprint density at radius 2 is 1.61 bits per heavy atom. The molecule has 0 spiro atoms. The molecule has 1 amide bonds. The molecular formula is C19H40N2O2. The van der Waals surface area contributed by atoms with Crippen LogP contribution >= 0.6 is 0 Å². The summed E-state index contributed by atoms with van der Waals surface area (Å²) in [6.07, 6.45) is 7.62. The maximum absolute atomic E-state index is 11.7. The van der Waals surface area contributed by atoms with E-state index >= 15 is 0 Å². The lowest BCUT2D eigenvalue weighted by Gasteiger charge is -2.24. The molecule has 0 aromatic rings. The van der Waals surface area contributed by atoms with Crippen molar-refractivity contribution >= 4 is 6.09 Å². The molecule has 0 aliphatic rings. The van der Waals surface area contributed by atoms with Crippen LogP contribution in [0.1, 0.15) is 80.1 Å². The molecule has 0 saturated carbocycles. The van der Waals surface area contributed by atoms with Gasteiger partial charge in [-0.3, -0.25) is 0 Å². The molecule has 4 nitrogen and oxygen atoms in total. The van der Waals surface area contributed by atoms with Crippen molar-refractivity contribution in [1.29, 1.82) is 0 Å². The Bertz CT molecular complexity index is 298. The molecule has 0 aliphatic heterocycles. The van der Waals surface area contributed by atoms with Gasteiger partial charge in [0.2, 0.25) is 0 Å². The van der Waals surface area contributed by atoms with Gasteiger partial charge in [0.25, 0.3) is 0 Å². The fraction of sp³-hybridized carbons (Fsp3) is 0.947. The number of unbranched alkanes of at least 4 members (excludes halogenated alkanes) is 5. The molecule has 0 saturated heterocycles. The summed E-state index contributed by atoms with van der Waals surface area (Å²) in [5, 5.41) is 6.43. The van der Waals surface area contributed by atoms with Crippen LogP contribution in [0.4, 0.5) is 4.79 Å². The molecule has 138 valence electrons. The van der Waals surface area contributed by atoms with Gasteiger partial charge >= 0.3 is 6.09 Å². The van der Waals surface area contributed by atoms with Crippen LogP contribution in [0, 0.1) is 11.8 Å². The van der Waals surface area contributed by atoms with Crippen molar-refractivity contribution in [2.75, 3.05) is 19.6 Å². The minimum Gasteiger partial charge on any atom is -0.444 e. The molecule has 0 rings (SSSR count). The van der Waals surface area contributed by atoms with Crippen LogP contribution in [0.3, 0.4) is 0 Å². The molecule has 1 unspecified atom stereocenters. The van der Waals surface area contributed by atoms with E-state index in [2.05, 4.69) is 31.4 Å². The number of hydrogen-bond donors (Lipinski definition) is 2. The minimum atomic E-state index is -0.437. The summed E-state index contributed by atoms with van der Waals surface area (Å²) in [5.41, 5.74) is -0.437. The first-order chi connectivity index (χ1) is 10.8. The number of nitrogens with one attached hydrogen (secondary N) is 2. The Labute approximate surface area is 144 Å². The van der Waals surface area contributed by atoms with E-state index in [1.165, 1.54) is 38.5 Å². The van der Waals surface area contributed by atoms with Gasteiger partial charge < -0.3 is 15.4 Å². The Balaban J connectivity index is 3.80. The third-order valence-electron chi connectivity index (χ3n) is 3.96. The first kappa shape index (κ1) is 22.2. The summed E-state index contributed by atoms with van der Waals surface area (Å²) in [4.78, 5) is 11.7. The van der Waals surface area contributed by atoms with E-state index in [1.54, 1.807) is 0 Å². The Morgan fingerprint density at radius 1 is 1.00 bits per heavy atom. The molecule has 0 aliphatic carbocycles. The molecule has 4 heteroatoms. The van der Waals surface area contributed by atoms with E-state index in [9.17, 15) is 4.79 Å². The lowest BCUT2D eigenvalue weighted by Crippen LogP contribution is -2.39. The minimum absolute atomic E-state index is 0.320. The lowest BCUT2D eigenvalue weighted by atomic mass is 9.95. The van der Waals surface area contributed by atoms with Gasteiger partial charge in [-0.25, -0.2) is 4.79 Å². The standard InChI is InChI=1S/C19H40N2O2/c1-7-8-9-10-11-12-13-20-14-17(16(2)3)15-21-18(22)23-19(4,5)6/h16-17,20H,7-15H2,1-6H3,(H,21,22). The zero-order chi connectivity index (χ0) is 17.7. The van der Waals surface area contributed by atoms with Crippen LogP contribution in [0.15, 0.2) is 0 Å². The second-order valence-corrected chi connectivity index (χ2v) is 7.86. The normalized spacial score (nSPS) is 13.2. The van der Waals surface area contributed by atoms with Crippen molar-refractivity contribution in [3.63, 3.8) is 0 Å². The van der Waals surface area contributed by atoms with E-state index < -0.39 is 5.60 Å². The maximum atomic E-state index is 11.7. The largest absolute Gasteiger partial charge is 0.444 e. The van der Waals surface area contributed by atoms with Gasteiger partial charge in [-0.2, -0.15) is 0 Å². The van der Waals surface area contributed by atoms with Crippen LogP contribution in [-0.2, 0) is 4.74 Å². The molecule has 0 bridgehead atoms. The average Bonchev–Trinajstić information content (AvgIpc) is 2.42. The Hall–Kier alpha value is -0.770. The summed E-state index contributed by atoms with van der Waals surface area (Å²) < 4.78 is 5.29. The first-order valence-corrected chi connectivity index (χ1v) is 9.43. The van der Waals surface area contributed by atoms with Crippen molar-refractivity contribution in [3.05, 3.63) is 0 Å². The number of carbonyl (C=O) groups excluding carboxylic acids is 1. The molecule has 23 heavy (non-hydrogen) atoms. The number of amides is 1. The highest BCUT2D eigenvalue weighted by Gasteiger charge is 2.18. The fourth-order valence-corrected chi connectivity index (χ4v) is 2.39. The van der Waals surface area contributed by atoms with Crippen molar-refractivity contribution < 1.29 is 9.53 Å². The zero-order valence-electron chi connectivity index (χ0n) is 16.3. The molecule has 0 heterocycles. The predicted molar refractivity (Wildman–Crippen MR) is 98.8 cm³/mol. The topological polar surface area (TPSA) is 50.4 Å². The van der Waals surface area contributed by atoms with Gasteiger partial charge in [-0.05, 0) is 52.1 Å². The molecular weight excluding hydrogens is 288 g/mol. The van der Waals surface area contributed by atoms with Crippen LogP contribution in [0.2, 0.25) is 0 Å². The number of carbonyl (C=O) groups is 1. The van der Waals surface area contributed by atoms with Gasteiger partial charge in [0.1, 0.15) is 5.60 Å². The van der Waals surface area contributed by atoms with E-state index in [1.807, 2.05) is 20.8 Å². The summed E-state index contributed by atoms with van der Waals surface area (Å²) in [6, 6.07) is 0. The van der Waals surface area contributed by atoms with E-state index in [0.717, 1.165) is 13.1 Å². The Kier molecular flexibility index (Phi) is 12.2. The van der Waals surface area contributed by atoms with Crippen LogP contribution in [-0.4, -0.2) is 31.3 Å². The maximum Gasteiger partial charge on any atom is 0.407 e. The summed E-state index contributed by atoms with van der Waals surface area (Å²) >= 11 is 0. The predicted octanol–water partition coefficient (Wildman–Crippen LogP) is 4.73. The second kappa shape index (κ2) is 12.6. The number of hydrogen-bond acceptors (Lipinski definition) is 3. The summed E-state index contributed by atoms with van der Waals surface area (Å²) in [7, 11) is 0.